The number of halogens is 1. The molecule has 3 nitrogen and oxygen atoms in total. The molecule has 1 aliphatic heterocycles. The highest BCUT2D eigenvalue weighted by molar-refractivity contribution is 6.33. The van der Waals surface area contributed by atoms with E-state index in [4.69, 9.17) is 26.8 Å². The molecule has 1 aliphatic rings. The van der Waals surface area contributed by atoms with Gasteiger partial charge in [0.15, 0.2) is 11.5 Å². The molecular weight excluding hydrogens is 214 g/mol. The Morgan fingerprint density at radius 1 is 1.40 bits per heavy atom. The van der Waals surface area contributed by atoms with Crippen molar-refractivity contribution in [1.82, 2.24) is 0 Å². The molecule has 0 aromatic heterocycles. The lowest BCUT2D eigenvalue weighted by atomic mass is 9.96. The molecule has 0 saturated heterocycles. The van der Waals surface area contributed by atoms with E-state index < -0.39 is 0 Å². The van der Waals surface area contributed by atoms with E-state index in [2.05, 4.69) is 0 Å². The lowest BCUT2D eigenvalue weighted by Gasteiger charge is -2.19. The van der Waals surface area contributed by atoms with Gasteiger partial charge in [-0.15, -0.1) is 0 Å². The van der Waals surface area contributed by atoms with Crippen LogP contribution in [0.25, 0.3) is 0 Å². The number of fused-ring (bicyclic) bond motifs is 1. The predicted octanol–water partition coefficient (Wildman–Crippen LogP) is 2.35. The molecule has 0 aliphatic carbocycles. The van der Waals surface area contributed by atoms with Crippen LogP contribution < -0.4 is 15.2 Å². The second-order valence-corrected chi connectivity index (χ2v) is 4.82. The third kappa shape index (κ3) is 2.19. The predicted molar refractivity (Wildman–Crippen MR) is 59.5 cm³/mol. The fourth-order valence-electron chi connectivity index (χ4n) is 1.61. The van der Waals surface area contributed by atoms with E-state index >= 15 is 0 Å². The van der Waals surface area contributed by atoms with Crippen molar-refractivity contribution in [3.63, 3.8) is 0 Å². The Hall–Kier alpha value is -0.930. The highest BCUT2D eigenvalue weighted by atomic mass is 35.5. The van der Waals surface area contributed by atoms with Gasteiger partial charge in [0.25, 0.3) is 0 Å². The van der Waals surface area contributed by atoms with Crippen LogP contribution in [0.5, 0.6) is 11.5 Å². The monoisotopic (exact) mass is 227 g/mol. The summed E-state index contributed by atoms with van der Waals surface area (Å²) in [6.45, 7) is 4.17. The summed E-state index contributed by atoms with van der Waals surface area (Å²) in [6, 6.07) is 3.81. The standard InChI is InChI=1S/C11H14ClNO2/c1-11(2,13)5-7-3-4-8-10(9(7)12)15-6-14-8/h3-4H,5-6,13H2,1-2H3. The lowest BCUT2D eigenvalue weighted by molar-refractivity contribution is 0.174. The first kappa shape index (κ1) is 10.6. The van der Waals surface area contributed by atoms with Gasteiger partial charge in [0.2, 0.25) is 6.79 Å². The molecule has 0 atom stereocenters. The fourth-order valence-corrected chi connectivity index (χ4v) is 1.88. The maximum atomic E-state index is 6.20. The van der Waals surface area contributed by atoms with Gasteiger partial charge in [-0.2, -0.15) is 0 Å². The van der Waals surface area contributed by atoms with Crippen molar-refractivity contribution in [2.45, 2.75) is 25.8 Å². The molecule has 15 heavy (non-hydrogen) atoms. The molecular formula is C11H14ClNO2. The minimum absolute atomic E-state index is 0.241. The molecule has 4 heteroatoms. The van der Waals surface area contributed by atoms with E-state index in [1.807, 2.05) is 26.0 Å². The van der Waals surface area contributed by atoms with Gasteiger partial charge in [-0.05, 0) is 31.9 Å². The third-order valence-electron chi connectivity index (χ3n) is 2.20. The van der Waals surface area contributed by atoms with Crippen LogP contribution in [-0.2, 0) is 6.42 Å². The maximum absolute atomic E-state index is 6.20. The van der Waals surface area contributed by atoms with Crippen LogP contribution in [0.4, 0.5) is 0 Å². The van der Waals surface area contributed by atoms with Crippen LogP contribution in [0.1, 0.15) is 19.4 Å². The molecule has 2 rings (SSSR count). The Labute approximate surface area is 94.1 Å². The van der Waals surface area contributed by atoms with E-state index in [0.717, 1.165) is 5.56 Å². The molecule has 0 amide bonds. The second-order valence-electron chi connectivity index (χ2n) is 4.44. The van der Waals surface area contributed by atoms with Gasteiger partial charge in [-0.25, -0.2) is 0 Å². The summed E-state index contributed by atoms with van der Waals surface area (Å²) >= 11 is 6.20. The summed E-state index contributed by atoms with van der Waals surface area (Å²) in [7, 11) is 0. The minimum Gasteiger partial charge on any atom is -0.454 e. The van der Waals surface area contributed by atoms with Crippen molar-refractivity contribution < 1.29 is 9.47 Å². The van der Waals surface area contributed by atoms with Crippen molar-refractivity contribution in [2.24, 2.45) is 5.73 Å². The Balaban J connectivity index is 2.34. The van der Waals surface area contributed by atoms with Crippen LogP contribution in [0, 0.1) is 0 Å². The van der Waals surface area contributed by atoms with E-state index in [1.165, 1.54) is 0 Å². The molecule has 0 radical (unpaired) electrons. The molecule has 0 saturated carbocycles. The first-order valence-electron chi connectivity index (χ1n) is 4.83. The summed E-state index contributed by atoms with van der Waals surface area (Å²) in [5.41, 5.74) is 6.66. The van der Waals surface area contributed by atoms with Gasteiger partial charge in [-0.3, -0.25) is 0 Å². The second kappa shape index (κ2) is 3.58. The van der Waals surface area contributed by atoms with Gasteiger partial charge < -0.3 is 15.2 Å². The number of ether oxygens (including phenoxy) is 2. The summed E-state index contributed by atoms with van der Waals surface area (Å²) < 4.78 is 10.5. The van der Waals surface area contributed by atoms with E-state index in [-0.39, 0.29) is 12.3 Å². The number of nitrogens with two attached hydrogens (primary N) is 1. The Morgan fingerprint density at radius 2 is 2.13 bits per heavy atom. The zero-order valence-corrected chi connectivity index (χ0v) is 9.60. The molecule has 1 aromatic rings. The average molecular weight is 228 g/mol. The minimum atomic E-state index is -0.280. The first-order chi connectivity index (χ1) is 6.97. The SMILES string of the molecule is CC(C)(N)Cc1ccc2c(c1Cl)OCO2. The molecule has 82 valence electrons. The zero-order valence-electron chi connectivity index (χ0n) is 8.84. The van der Waals surface area contributed by atoms with Crippen LogP contribution in [0.3, 0.4) is 0 Å². The Kier molecular flexibility index (Phi) is 2.52. The van der Waals surface area contributed by atoms with Gasteiger partial charge in [0, 0.05) is 5.54 Å². The quantitative estimate of drug-likeness (QED) is 0.844. The number of rotatable bonds is 2. The summed E-state index contributed by atoms with van der Waals surface area (Å²) in [5.74, 6) is 1.34. The van der Waals surface area contributed by atoms with Crippen LogP contribution in [0.15, 0.2) is 12.1 Å². The normalized spacial score (nSPS) is 14.4. The Morgan fingerprint density at radius 3 is 2.80 bits per heavy atom. The van der Waals surface area contributed by atoms with E-state index in [9.17, 15) is 0 Å². The van der Waals surface area contributed by atoms with Gasteiger partial charge in [0.05, 0.1) is 5.02 Å². The molecule has 0 spiro atoms. The van der Waals surface area contributed by atoms with Crippen LogP contribution in [-0.4, -0.2) is 12.3 Å². The summed E-state index contributed by atoms with van der Waals surface area (Å²) in [5, 5.41) is 0.614. The molecule has 0 fully saturated rings. The van der Waals surface area contributed by atoms with Gasteiger partial charge >= 0.3 is 0 Å². The molecule has 1 aromatic carbocycles. The molecule has 0 unspecified atom stereocenters. The lowest BCUT2D eigenvalue weighted by Crippen LogP contribution is -2.34. The van der Waals surface area contributed by atoms with Gasteiger partial charge in [0.1, 0.15) is 0 Å². The molecule has 0 bridgehead atoms. The maximum Gasteiger partial charge on any atom is 0.231 e. The highest BCUT2D eigenvalue weighted by Gasteiger charge is 2.22. The summed E-state index contributed by atoms with van der Waals surface area (Å²) in [4.78, 5) is 0. The van der Waals surface area contributed by atoms with Crippen molar-refractivity contribution in [3.05, 3.63) is 22.7 Å². The average Bonchev–Trinajstić information content (AvgIpc) is 2.56. The number of hydrogen-bond acceptors (Lipinski definition) is 3. The topological polar surface area (TPSA) is 44.5 Å². The Bertz CT molecular complexity index is 385. The third-order valence-corrected chi connectivity index (χ3v) is 2.62. The van der Waals surface area contributed by atoms with Gasteiger partial charge in [-0.1, -0.05) is 17.7 Å². The number of benzene rings is 1. The highest BCUT2D eigenvalue weighted by Crippen LogP contribution is 2.41. The fraction of sp³-hybridized carbons (Fsp3) is 0.455. The summed E-state index contributed by atoms with van der Waals surface area (Å²) in [6.07, 6.45) is 0.711. The van der Waals surface area contributed by atoms with Crippen LogP contribution >= 0.6 is 11.6 Å². The van der Waals surface area contributed by atoms with E-state index in [1.54, 1.807) is 0 Å². The molecule has 2 N–H and O–H groups in total. The molecule has 1 heterocycles. The van der Waals surface area contributed by atoms with Crippen molar-refractivity contribution in [1.29, 1.82) is 0 Å². The largest absolute Gasteiger partial charge is 0.454 e. The van der Waals surface area contributed by atoms with E-state index in [0.29, 0.717) is 22.9 Å². The van der Waals surface area contributed by atoms with Crippen LogP contribution in [0.2, 0.25) is 5.02 Å². The van der Waals surface area contributed by atoms with Crippen molar-refractivity contribution in [3.8, 4) is 11.5 Å². The smallest absolute Gasteiger partial charge is 0.231 e. The van der Waals surface area contributed by atoms with Crippen molar-refractivity contribution >= 4 is 11.6 Å². The first-order valence-corrected chi connectivity index (χ1v) is 5.21. The van der Waals surface area contributed by atoms with Crippen molar-refractivity contribution in [2.75, 3.05) is 6.79 Å². The zero-order chi connectivity index (χ0) is 11.1. The number of hydrogen-bond donors (Lipinski definition) is 1.